The molecule has 21 heavy (non-hydrogen) atoms. The maximum Gasteiger partial charge on any atom is 0.252 e. The van der Waals surface area contributed by atoms with Crippen LogP contribution in [0.2, 0.25) is 0 Å². The lowest BCUT2D eigenvalue weighted by atomic mass is 9.94. The predicted octanol–water partition coefficient (Wildman–Crippen LogP) is 2.11. The van der Waals surface area contributed by atoms with E-state index >= 15 is 0 Å². The molecule has 2 N–H and O–H groups in total. The maximum absolute atomic E-state index is 12.4. The van der Waals surface area contributed by atoms with Crippen LogP contribution in [-0.2, 0) is 4.74 Å². The molecule has 1 fully saturated rings. The lowest BCUT2D eigenvalue weighted by molar-refractivity contribution is -0.0605. The molecule has 0 unspecified atom stereocenters. The molecule has 0 bridgehead atoms. The summed E-state index contributed by atoms with van der Waals surface area (Å²) >= 11 is 0. The van der Waals surface area contributed by atoms with Gasteiger partial charge in [0.2, 0.25) is 0 Å². The minimum absolute atomic E-state index is 0.147. The molecule has 3 rings (SSSR count). The van der Waals surface area contributed by atoms with Gasteiger partial charge in [-0.15, -0.1) is 0 Å². The fourth-order valence-corrected chi connectivity index (χ4v) is 2.69. The number of hydrogen-bond acceptors (Lipinski definition) is 3. The number of benzene rings is 2. The summed E-state index contributed by atoms with van der Waals surface area (Å²) in [5.41, 5.74) is -0.206. The van der Waals surface area contributed by atoms with Crippen LogP contribution in [0.3, 0.4) is 0 Å². The number of carbonyl (C=O) groups excluding carboxylic acids is 1. The molecule has 0 saturated carbocycles. The van der Waals surface area contributed by atoms with Crippen molar-refractivity contribution in [1.82, 2.24) is 5.32 Å². The van der Waals surface area contributed by atoms with Gasteiger partial charge >= 0.3 is 0 Å². The van der Waals surface area contributed by atoms with E-state index < -0.39 is 5.60 Å². The number of fused-ring (bicyclic) bond motifs is 1. The smallest absolute Gasteiger partial charge is 0.252 e. The third-order valence-corrected chi connectivity index (χ3v) is 4.04. The van der Waals surface area contributed by atoms with Gasteiger partial charge < -0.3 is 15.2 Å². The van der Waals surface area contributed by atoms with E-state index in [1.54, 1.807) is 0 Å². The van der Waals surface area contributed by atoms with Crippen molar-refractivity contribution in [1.29, 1.82) is 0 Å². The summed E-state index contributed by atoms with van der Waals surface area (Å²) in [6.45, 7) is 1.35. The second-order valence-electron chi connectivity index (χ2n) is 5.55. The van der Waals surface area contributed by atoms with Crippen molar-refractivity contribution in [2.75, 3.05) is 19.8 Å². The largest absolute Gasteiger partial charge is 0.388 e. The van der Waals surface area contributed by atoms with Gasteiger partial charge in [-0.1, -0.05) is 36.4 Å². The highest BCUT2D eigenvalue weighted by atomic mass is 16.5. The molecular formula is C17H19NO3. The Morgan fingerprint density at radius 2 is 1.86 bits per heavy atom. The first-order valence-corrected chi connectivity index (χ1v) is 7.24. The second kappa shape index (κ2) is 5.84. The Morgan fingerprint density at radius 1 is 1.14 bits per heavy atom. The van der Waals surface area contributed by atoms with E-state index in [0.29, 0.717) is 31.6 Å². The molecule has 1 amide bonds. The first kappa shape index (κ1) is 14.0. The molecule has 1 saturated heterocycles. The van der Waals surface area contributed by atoms with Crippen LogP contribution in [0.4, 0.5) is 0 Å². The van der Waals surface area contributed by atoms with E-state index in [1.807, 2.05) is 42.5 Å². The first-order chi connectivity index (χ1) is 10.2. The van der Waals surface area contributed by atoms with Crippen LogP contribution >= 0.6 is 0 Å². The number of ether oxygens (including phenoxy) is 1. The Morgan fingerprint density at radius 3 is 2.67 bits per heavy atom. The van der Waals surface area contributed by atoms with Crippen LogP contribution < -0.4 is 5.32 Å². The predicted molar refractivity (Wildman–Crippen MR) is 81.3 cm³/mol. The zero-order valence-electron chi connectivity index (χ0n) is 11.8. The van der Waals surface area contributed by atoms with Crippen molar-refractivity contribution in [2.24, 2.45) is 0 Å². The third kappa shape index (κ3) is 3.06. The minimum Gasteiger partial charge on any atom is -0.388 e. The normalized spacial score (nSPS) is 17.6. The molecule has 1 aliphatic heterocycles. The molecule has 0 spiro atoms. The summed E-state index contributed by atoms with van der Waals surface area (Å²) in [7, 11) is 0. The van der Waals surface area contributed by atoms with Crippen LogP contribution in [0.5, 0.6) is 0 Å². The number of carbonyl (C=O) groups is 1. The van der Waals surface area contributed by atoms with Crippen LogP contribution in [-0.4, -0.2) is 36.4 Å². The van der Waals surface area contributed by atoms with Crippen molar-refractivity contribution in [3.63, 3.8) is 0 Å². The monoisotopic (exact) mass is 285 g/mol. The maximum atomic E-state index is 12.4. The Balaban J connectivity index is 1.75. The van der Waals surface area contributed by atoms with Gasteiger partial charge in [0.25, 0.3) is 5.91 Å². The van der Waals surface area contributed by atoms with E-state index in [1.165, 1.54) is 0 Å². The highest BCUT2D eigenvalue weighted by Crippen LogP contribution is 2.21. The Labute approximate surface area is 123 Å². The van der Waals surface area contributed by atoms with E-state index in [2.05, 4.69) is 5.32 Å². The average molecular weight is 285 g/mol. The van der Waals surface area contributed by atoms with Gasteiger partial charge in [-0.3, -0.25) is 4.79 Å². The van der Waals surface area contributed by atoms with E-state index in [-0.39, 0.29) is 12.5 Å². The summed E-state index contributed by atoms with van der Waals surface area (Å²) in [5, 5.41) is 15.2. The first-order valence-electron chi connectivity index (χ1n) is 7.24. The second-order valence-corrected chi connectivity index (χ2v) is 5.55. The van der Waals surface area contributed by atoms with Crippen molar-refractivity contribution >= 4 is 16.7 Å². The van der Waals surface area contributed by atoms with Crippen LogP contribution in [0.25, 0.3) is 10.8 Å². The molecule has 1 heterocycles. The number of rotatable bonds is 3. The van der Waals surface area contributed by atoms with Crippen molar-refractivity contribution in [3.8, 4) is 0 Å². The summed E-state index contributed by atoms with van der Waals surface area (Å²) in [5.74, 6) is -0.147. The van der Waals surface area contributed by atoms with Gasteiger partial charge in [-0.2, -0.15) is 0 Å². The molecule has 0 aliphatic carbocycles. The molecule has 0 radical (unpaired) electrons. The third-order valence-electron chi connectivity index (χ3n) is 4.04. The molecule has 1 aliphatic rings. The van der Waals surface area contributed by atoms with Crippen LogP contribution in [0.15, 0.2) is 42.5 Å². The fourth-order valence-electron chi connectivity index (χ4n) is 2.69. The Kier molecular flexibility index (Phi) is 3.90. The van der Waals surface area contributed by atoms with E-state index in [9.17, 15) is 9.90 Å². The number of amides is 1. The highest BCUT2D eigenvalue weighted by Gasteiger charge is 2.30. The Hall–Kier alpha value is -1.91. The summed E-state index contributed by atoms with van der Waals surface area (Å²) in [6, 6.07) is 13.5. The van der Waals surface area contributed by atoms with Gasteiger partial charge in [0, 0.05) is 38.2 Å². The fraction of sp³-hybridized carbons (Fsp3) is 0.353. The molecule has 0 atom stereocenters. The minimum atomic E-state index is -0.849. The van der Waals surface area contributed by atoms with Gasteiger partial charge in [0.05, 0.1) is 5.60 Å². The van der Waals surface area contributed by atoms with Crippen LogP contribution in [0.1, 0.15) is 23.2 Å². The molecule has 4 heteroatoms. The van der Waals surface area contributed by atoms with Gasteiger partial charge in [0.1, 0.15) is 0 Å². The lowest BCUT2D eigenvalue weighted by Crippen LogP contribution is -2.46. The number of nitrogens with one attached hydrogen (secondary N) is 1. The molecule has 2 aromatic carbocycles. The zero-order chi connectivity index (χ0) is 14.7. The molecule has 110 valence electrons. The topological polar surface area (TPSA) is 58.6 Å². The number of aliphatic hydroxyl groups is 1. The molecule has 2 aromatic rings. The summed E-state index contributed by atoms with van der Waals surface area (Å²) in [4.78, 5) is 12.4. The SMILES string of the molecule is O=C(NCC1(O)CCOCC1)c1cccc2ccccc12. The molecule has 0 aromatic heterocycles. The van der Waals surface area contributed by atoms with Gasteiger partial charge in [-0.25, -0.2) is 0 Å². The Bertz CT molecular complexity index is 642. The average Bonchev–Trinajstić information content (AvgIpc) is 2.53. The van der Waals surface area contributed by atoms with Crippen molar-refractivity contribution in [3.05, 3.63) is 48.0 Å². The lowest BCUT2D eigenvalue weighted by Gasteiger charge is -2.32. The van der Waals surface area contributed by atoms with Crippen molar-refractivity contribution < 1.29 is 14.6 Å². The van der Waals surface area contributed by atoms with Crippen LogP contribution in [0, 0.1) is 0 Å². The van der Waals surface area contributed by atoms with Gasteiger partial charge in [0.15, 0.2) is 0 Å². The highest BCUT2D eigenvalue weighted by molar-refractivity contribution is 6.07. The standard InChI is InChI=1S/C17H19NO3/c19-16(18-12-17(20)8-10-21-11-9-17)15-7-3-5-13-4-1-2-6-14(13)15/h1-7,20H,8-12H2,(H,18,19). The van der Waals surface area contributed by atoms with E-state index in [0.717, 1.165) is 10.8 Å². The van der Waals surface area contributed by atoms with E-state index in [4.69, 9.17) is 4.74 Å². The molecule has 4 nitrogen and oxygen atoms in total. The summed E-state index contributed by atoms with van der Waals surface area (Å²) < 4.78 is 5.24. The zero-order valence-corrected chi connectivity index (χ0v) is 11.8. The number of hydrogen-bond donors (Lipinski definition) is 2. The summed E-state index contributed by atoms with van der Waals surface area (Å²) in [6.07, 6.45) is 1.12. The van der Waals surface area contributed by atoms with Crippen molar-refractivity contribution in [2.45, 2.75) is 18.4 Å². The molecular weight excluding hydrogens is 266 g/mol. The van der Waals surface area contributed by atoms with Gasteiger partial charge in [-0.05, 0) is 16.8 Å². The quantitative estimate of drug-likeness (QED) is 0.908.